The molecule has 0 saturated heterocycles. The van der Waals surface area contributed by atoms with Gasteiger partial charge in [-0.2, -0.15) is 0 Å². The van der Waals surface area contributed by atoms with E-state index in [1.807, 2.05) is 30.7 Å². The van der Waals surface area contributed by atoms with E-state index in [9.17, 15) is 5.02 Å². The van der Waals surface area contributed by atoms with Gasteiger partial charge in [0.1, 0.15) is 5.59 Å². The number of aryl methyl sites for hydroxylation is 1. The molecule has 0 aliphatic carbocycles. The average molecular weight is 393 g/mol. The predicted octanol–water partition coefficient (Wildman–Crippen LogP) is 0.213. The maximum absolute atomic E-state index is 10.3. The van der Waals surface area contributed by atoms with Crippen LogP contribution >= 0.6 is 0 Å². The molecule has 3 aromatic heterocycles. The summed E-state index contributed by atoms with van der Waals surface area (Å²) in [5, 5.41) is 27.8. The minimum atomic E-state index is -1.50. The molecule has 10 heteroatoms. The molecule has 0 atom stereocenters. The highest BCUT2D eigenvalue weighted by Gasteiger charge is 2.26. The molecule has 0 unspecified atom stereocenters. The van der Waals surface area contributed by atoms with Crippen molar-refractivity contribution in [3.05, 3.63) is 64.9 Å². The molecule has 3 N–H and O–H groups in total. The molecule has 0 aliphatic rings. The summed E-state index contributed by atoms with van der Waals surface area (Å²) >= 11 is 0. The maximum atomic E-state index is 10.3. The van der Waals surface area contributed by atoms with E-state index in [1.165, 1.54) is 10.6 Å². The Bertz CT molecular complexity index is 1050. The molecule has 0 bridgehead atoms. The Hall–Kier alpha value is -3.17. The van der Waals surface area contributed by atoms with Crippen LogP contribution in [-0.2, 0) is 21.1 Å². The first kappa shape index (κ1) is 23.9. The maximum Gasteiger partial charge on any atom is 0.529 e. The summed E-state index contributed by atoms with van der Waals surface area (Å²) in [6, 6.07) is 10.4. The lowest BCUT2D eigenvalue weighted by Crippen LogP contribution is -2.48. The fourth-order valence-corrected chi connectivity index (χ4v) is 2.85. The molecule has 29 heavy (non-hydrogen) atoms. The van der Waals surface area contributed by atoms with E-state index in [-0.39, 0.29) is 7.43 Å². The molecule has 0 aliphatic heterocycles. The van der Waals surface area contributed by atoms with Crippen LogP contribution in [0.1, 0.15) is 13.1 Å². The Morgan fingerprint density at radius 2 is 1.14 bits per heavy atom. The summed E-state index contributed by atoms with van der Waals surface area (Å²) in [7, 11) is 3.83. The smallest absolute Gasteiger partial charge is 0.439 e. The van der Waals surface area contributed by atoms with Gasteiger partial charge in [-0.05, 0) is 43.3 Å². The third-order valence-corrected chi connectivity index (χ3v) is 4.73. The first-order valence-corrected chi connectivity index (χ1v) is 8.45. The van der Waals surface area contributed by atoms with E-state index < -0.39 is 14.0 Å². The number of aromatic nitrogens is 3. The number of rotatable bonds is 3. The lowest BCUT2D eigenvalue weighted by molar-refractivity contribution is 0.423. The second-order valence-corrected chi connectivity index (χ2v) is 6.31. The summed E-state index contributed by atoms with van der Waals surface area (Å²) in [5.41, 5.74) is 2.99. The van der Waals surface area contributed by atoms with Crippen molar-refractivity contribution in [2.45, 2.75) is 14.4 Å². The van der Waals surface area contributed by atoms with Gasteiger partial charge in [-0.15, -0.1) is 0 Å². The Kier molecular flexibility index (Phi) is 8.11. The number of hydrogen-bond donors (Lipinski definition) is 3. The zero-order chi connectivity index (χ0) is 21.0. The van der Waals surface area contributed by atoms with Crippen LogP contribution in [-0.4, -0.2) is 42.8 Å². The molecule has 0 fully saturated rings. The second kappa shape index (κ2) is 9.85. The first-order chi connectivity index (χ1) is 13.2. The van der Waals surface area contributed by atoms with Gasteiger partial charge in [-0.25, -0.2) is 0 Å². The number of hydrogen-bond acceptors (Lipinski definition) is 3. The topological polar surface area (TPSA) is 84.2 Å². The van der Waals surface area contributed by atoms with Crippen molar-refractivity contribution < 1.29 is 15.1 Å². The summed E-state index contributed by atoms with van der Waals surface area (Å²) in [5.74, 6) is 0.929. The quantitative estimate of drug-likeness (QED) is 0.440. The Balaban J connectivity index is 0.000000306. The highest BCUT2D eigenvalue weighted by molar-refractivity contribution is 6.77. The highest BCUT2D eigenvalue weighted by Crippen LogP contribution is 2.09. The van der Waals surface area contributed by atoms with Crippen molar-refractivity contribution in [3.63, 3.8) is 0 Å². The van der Waals surface area contributed by atoms with Gasteiger partial charge in [-0.3, -0.25) is 0 Å². The molecule has 0 aromatic carbocycles. The SMILES string of the molecule is C.[C-]#[N+]c1ccc(B(O)O)n1C.[C-]#[N+]c1ccc(B(O)c2ccc(C)n2C)n1C. The zero-order valence-corrected chi connectivity index (χ0v) is 16.2. The largest absolute Gasteiger partial charge is 0.529 e. The van der Waals surface area contributed by atoms with E-state index >= 15 is 0 Å². The van der Waals surface area contributed by atoms with Crippen molar-refractivity contribution in [2.75, 3.05) is 0 Å². The molecule has 3 aromatic rings. The molecular weight excluding hydrogens is 368 g/mol. The fraction of sp³-hybridized carbons (Fsp3) is 0.263. The van der Waals surface area contributed by atoms with E-state index in [0.29, 0.717) is 17.2 Å². The fourth-order valence-electron chi connectivity index (χ4n) is 2.85. The summed E-state index contributed by atoms with van der Waals surface area (Å²) in [6.45, 7) is 15.0. The molecule has 0 amide bonds. The Labute approximate surface area is 172 Å². The van der Waals surface area contributed by atoms with Crippen LogP contribution in [0, 0.1) is 20.1 Å². The lowest BCUT2D eigenvalue weighted by Gasteiger charge is -2.09. The summed E-state index contributed by atoms with van der Waals surface area (Å²) in [6.07, 6.45) is 0. The zero-order valence-electron chi connectivity index (χ0n) is 16.2. The minimum Gasteiger partial charge on any atom is -0.439 e. The molecule has 0 spiro atoms. The van der Waals surface area contributed by atoms with Crippen LogP contribution in [0.3, 0.4) is 0 Å². The van der Waals surface area contributed by atoms with Gasteiger partial charge in [0.15, 0.2) is 0 Å². The van der Waals surface area contributed by atoms with E-state index in [1.54, 1.807) is 36.9 Å². The van der Waals surface area contributed by atoms with Gasteiger partial charge < -0.3 is 38.5 Å². The van der Waals surface area contributed by atoms with Gasteiger partial charge in [0.05, 0.1) is 19.7 Å². The first-order valence-electron chi connectivity index (χ1n) is 8.45. The van der Waals surface area contributed by atoms with E-state index in [4.69, 9.17) is 23.2 Å². The summed E-state index contributed by atoms with van der Waals surface area (Å²) in [4.78, 5) is 6.55. The van der Waals surface area contributed by atoms with Crippen LogP contribution in [0.25, 0.3) is 9.69 Å². The van der Waals surface area contributed by atoms with Crippen molar-refractivity contribution >= 4 is 42.4 Å². The lowest BCUT2D eigenvalue weighted by atomic mass is 9.61. The van der Waals surface area contributed by atoms with Crippen molar-refractivity contribution in [3.8, 4) is 0 Å². The average Bonchev–Trinajstić information content (AvgIpc) is 3.33. The van der Waals surface area contributed by atoms with Crippen LogP contribution < -0.4 is 16.8 Å². The minimum absolute atomic E-state index is 0. The van der Waals surface area contributed by atoms with Gasteiger partial charge in [0, 0.05) is 18.3 Å². The molecule has 0 radical (unpaired) electrons. The predicted molar refractivity (Wildman–Crippen MR) is 117 cm³/mol. The monoisotopic (exact) mass is 393 g/mol. The van der Waals surface area contributed by atoms with E-state index in [0.717, 1.165) is 16.9 Å². The van der Waals surface area contributed by atoms with Crippen LogP contribution in [0.2, 0.25) is 0 Å². The Morgan fingerprint density at radius 3 is 1.48 bits per heavy atom. The van der Waals surface area contributed by atoms with Crippen LogP contribution in [0.4, 0.5) is 11.6 Å². The molecule has 3 heterocycles. The number of nitrogens with zero attached hydrogens (tertiary/aromatic N) is 5. The van der Waals surface area contributed by atoms with Gasteiger partial charge >= 0.3 is 14.0 Å². The van der Waals surface area contributed by atoms with Crippen LogP contribution in [0.15, 0.2) is 36.4 Å². The third kappa shape index (κ3) is 4.82. The van der Waals surface area contributed by atoms with E-state index in [2.05, 4.69) is 9.69 Å². The molecule has 0 saturated carbocycles. The molecule has 150 valence electrons. The van der Waals surface area contributed by atoms with Crippen molar-refractivity contribution in [1.82, 2.24) is 13.7 Å². The summed E-state index contributed by atoms with van der Waals surface area (Å²) < 4.78 is 5.12. The normalized spacial score (nSPS) is 9.55. The molecule has 3 rings (SSSR count). The van der Waals surface area contributed by atoms with Gasteiger partial charge in [0.2, 0.25) is 11.6 Å². The molecular formula is C19H25B2N5O3. The highest BCUT2D eigenvalue weighted by atomic mass is 16.4. The molecule has 8 nitrogen and oxygen atoms in total. The van der Waals surface area contributed by atoms with Crippen molar-refractivity contribution in [1.29, 1.82) is 0 Å². The van der Waals surface area contributed by atoms with Crippen molar-refractivity contribution in [2.24, 2.45) is 21.1 Å². The second-order valence-electron chi connectivity index (χ2n) is 6.31. The van der Waals surface area contributed by atoms with Gasteiger partial charge in [-0.1, -0.05) is 20.6 Å². The van der Waals surface area contributed by atoms with Crippen LogP contribution in [0.5, 0.6) is 0 Å². The standard InChI is InChI=1S/C12H14BN3O.C6H7BN2O2.CH4/c1-9-5-6-10(15(9)3)13(17)11-7-8-12(14-2)16(11)4;1-8-6-4-3-5(7(10)11)9(6)2;/h5-8,17H,1,3-4H3;3-4,10-11H,2H3;1H4. The van der Waals surface area contributed by atoms with Gasteiger partial charge in [0.25, 0.3) is 0 Å². The Morgan fingerprint density at radius 1 is 0.724 bits per heavy atom. The third-order valence-electron chi connectivity index (χ3n) is 4.73.